The van der Waals surface area contributed by atoms with Gasteiger partial charge in [-0.05, 0) is 37.0 Å². The Morgan fingerprint density at radius 3 is 2.23 bits per heavy atom. The van der Waals surface area contributed by atoms with Gasteiger partial charge < -0.3 is 10.5 Å². The van der Waals surface area contributed by atoms with E-state index in [0.717, 1.165) is 12.3 Å². The first-order valence-corrected chi connectivity index (χ1v) is 5.23. The lowest BCUT2D eigenvalue weighted by Gasteiger charge is -2.65. The fourth-order valence-electron chi connectivity index (χ4n) is 3.48. The molecule has 13 heavy (non-hydrogen) atoms. The smallest absolute Gasteiger partial charge is 0.0834 e. The second-order valence-corrected chi connectivity index (χ2v) is 5.54. The van der Waals surface area contributed by atoms with E-state index in [4.69, 9.17) is 10.5 Å². The number of hydrogen-bond acceptors (Lipinski definition) is 2. The molecule has 3 saturated carbocycles. The van der Waals surface area contributed by atoms with Gasteiger partial charge in [0, 0.05) is 13.2 Å². The summed E-state index contributed by atoms with van der Waals surface area (Å²) in [5, 5.41) is 0. The number of fused-ring (bicyclic) bond motifs is 2. The molecule has 4 atom stereocenters. The van der Waals surface area contributed by atoms with Gasteiger partial charge in [0.2, 0.25) is 0 Å². The van der Waals surface area contributed by atoms with Crippen LogP contribution in [0.3, 0.4) is 0 Å². The summed E-state index contributed by atoms with van der Waals surface area (Å²) in [5.41, 5.74) is 6.50. The van der Waals surface area contributed by atoms with Crippen LogP contribution in [-0.4, -0.2) is 18.8 Å². The normalized spacial score (nSPS) is 52.8. The van der Waals surface area contributed by atoms with Crippen LogP contribution in [0.5, 0.6) is 0 Å². The minimum Gasteiger partial charge on any atom is -0.377 e. The summed E-state index contributed by atoms with van der Waals surface area (Å²) >= 11 is 0. The zero-order chi connectivity index (χ0) is 9.85. The van der Waals surface area contributed by atoms with Gasteiger partial charge >= 0.3 is 0 Å². The third kappa shape index (κ3) is 0.962. The number of nitrogens with two attached hydrogens (primary N) is 1. The van der Waals surface area contributed by atoms with Crippen molar-refractivity contribution in [3.8, 4) is 0 Å². The fourth-order valence-corrected chi connectivity index (χ4v) is 3.48. The summed E-state index contributed by atoms with van der Waals surface area (Å²) in [6.45, 7) is 6.89. The highest BCUT2D eigenvalue weighted by molar-refractivity contribution is 5.14. The Morgan fingerprint density at radius 2 is 1.85 bits per heavy atom. The topological polar surface area (TPSA) is 35.2 Å². The lowest BCUT2D eigenvalue weighted by atomic mass is 9.43. The van der Waals surface area contributed by atoms with E-state index in [2.05, 4.69) is 20.8 Å². The fraction of sp³-hybridized carbons (Fsp3) is 1.00. The molecule has 0 heterocycles. The number of rotatable bonds is 1. The van der Waals surface area contributed by atoms with Crippen LogP contribution in [0.25, 0.3) is 0 Å². The average molecular weight is 183 g/mol. The minimum absolute atomic E-state index is 0.0851. The molecule has 3 aliphatic rings. The van der Waals surface area contributed by atoms with Gasteiger partial charge in [0.25, 0.3) is 0 Å². The van der Waals surface area contributed by atoms with Crippen molar-refractivity contribution in [3.63, 3.8) is 0 Å². The highest BCUT2D eigenvalue weighted by atomic mass is 16.5. The third-order valence-corrected chi connectivity index (χ3v) is 4.88. The molecule has 4 unspecified atom stereocenters. The molecule has 2 bridgehead atoms. The molecule has 0 amide bonds. The van der Waals surface area contributed by atoms with E-state index in [9.17, 15) is 0 Å². The molecular weight excluding hydrogens is 162 g/mol. The second-order valence-electron chi connectivity index (χ2n) is 5.54. The summed E-state index contributed by atoms with van der Waals surface area (Å²) in [6, 6.07) is 0.231. The molecule has 0 spiro atoms. The molecular formula is C11H21NO. The maximum Gasteiger partial charge on any atom is 0.0834 e. The van der Waals surface area contributed by atoms with Gasteiger partial charge in [-0.1, -0.05) is 13.8 Å². The van der Waals surface area contributed by atoms with E-state index < -0.39 is 0 Å². The molecule has 2 nitrogen and oxygen atoms in total. The van der Waals surface area contributed by atoms with Crippen LogP contribution in [0.4, 0.5) is 0 Å². The number of ether oxygens (including phenoxy) is 1. The van der Waals surface area contributed by atoms with Crippen molar-refractivity contribution in [3.05, 3.63) is 0 Å². The van der Waals surface area contributed by atoms with Crippen molar-refractivity contribution in [1.29, 1.82) is 0 Å². The Morgan fingerprint density at radius 1 is 1.23 bits per heavy atom. The van der Waals surface area contributed by atoms with Gasteiger partial charge in [-0.3, -0.25) is 0 Å². The molecule has 2 heteroatoms. The van der Waals surface area contributed by atoms with Gasteiger partial charge in [-0.25, -0.2) is 0 Å². The van der Waals surface area contributed by atoms with E-state index >= 15 is 0 Å². The summed E-state index contributed by atoms with van der Waals surface area (Å²) < 4.78 is 5.65. The van der Waals surface area contributed by atoms with Gasteiger partial charge in [0.05, 0.1) is 5.60 Å². The molecule has 0 saturated heterocycles. The molecule has 3 aliphatic carbocycles. The molecule has 0 aromatic rings. The van der Waals surface area contributed by atoms with E-state index in [0.29, 0.717) is 11.3 Å². The lowest BCUT2D eigenvalue weighted by molar-refractivity contribution is -0.215. The summed E-state index contributed by atoms with van der Waals surface area (Å²) in [6.07, 6.45) is 2.44. The number of methoxy groups -OCH3 is 1. The largest absolute Gasteiger partial charge is 0.377 e. The van der Waals surface area contributed by atoms with Crippen LogP contribution >= 0.6 is 0 Å². The molecule has 0 aliphatic heterocycles. The maximum atomic E-state index is 6.14. The molecule has 3 rings (SSSR count). The van der Waals surface area contributed by atoms with Crippen molar-refractivity contribution < 1.29 is 4.74 Å². The Labute approximate surface area is 80.8 Å². The Kier molecular flexibility index (Phi) is 1.81. The van der Waals surface area contributed by atoms with Crippen LogP contribution in [0.2, 0.25) is 0 Å². The molecule has 76 valence electrons. The summed E-state index contributed by atoms with van der Waals surface area (Å²) in [5.74, 6) is 1.48. The SMILES string of the molecule is COC1(C)C(N)CC2CC1C2(C)C. The molecule has 0 aromatic carbocycles. The van der Waals surface area contributed by atoms with E-state index in [1.54, 1.807) is 7.11 Å². The van der Waals surface area contributed by atoms with Gasteiger partial charge in [-0.2, -0.15) is 0 Å². The number of hydrogen-bond donors (Lipinski definition) is 1. The third-order valence-electron chi connectivity index (χ3n) is 4.88. The van der Waals surface area contributed by atoms with Crippen LogP contribution in [0, 0.1) is 17.3 Å². The van der Waals surface area contributed by atoms with Crippen molar-refractivity contribution in [2.24, 2.45) is 23.0 Å². The van der Waals surface area contributed by atoms with E-state index in [1.807, 2.05) is 0 Å². The summed E-state index contributed by atoms with van der Waals surface area (Å²) in [4.78, 5) is 0. The van der Waals surface area contributed by atoms with E-state index in [1.165, 1.54) is 6.42 Å². The standard InChI is InChI=1S/C11H21NO/c1-10(2)7-5-8(10)11(3,13-4)9(12)6-7/h7-9H,5-6,12H2,1-4H3. The maximum absolute atomic E-state index is 6.14. The van der Waals surface area contributed by atoms with Crippen molar-refractivity contribution in [1.82, 2.24) is 0 Å². The van der Waals surface area contributed by atoms with E-state index in [-0.39, 0.29) is 11.6 Å². The van der Waals surface area contributed by atoms with Crippen molar-refractivity contribution >= 4 is 0 Å². The average Bonchev–Trinajstić information content (AvgIpc) is 2.08. The monoisotopic (exact) mass is 183 g/mol. The minimum atomic E-state index is -0.0851. The van der Waals surface area contributed by atoms with Crippen LogP contribution in [0.1, 0.15) is 33.6 Å². The van der Waals surface area contributed by atoms with Gasteiger partial charge in [0.15, 0.2) is 0 Å². The molecule has 0 aromatic heterocycles. The predicted molar refractivity (Wildman–Crippen MR) is 53.4 cm³/mol. The van der Waals surface area contributed by atoms with Crippen LogP contribution < -0.4 is 5.73 Å². The zero-order valence-electron chi connectivity index (χ0n) is 9.13. The van der Waals surface area contributed by atoms with Gasteiger partial charge in [-0.15, -0.1) is 0 Å². The highest BCUT2D eigenvalue weighted by Gasteiger charge is 2.62. The quantitative estimate of drug-likeness (QED) is 0.672. The molecule has 2 N–H and O–H groups in total. The Balaban J connectivity index is 2.27. The first kappa shape index (κ1) is 9.47. The Hall–Kier alpha value is -0.0800. The molecule has 3 fully saturated rings. The molecule has 0 radical (unpaired) electrons. The van der Waals surface area contributed by atoms with Crippen LogP contribution in [-0.2, 0) is 4.74 Å². The first-order valence-electron chi connectivity index (χ1n) is 5.23. The Bertz CT molecular complexity index is 226. The second kappa shape index (κ2) is 2.48. The van der Waals surface area contributed by atoms with Gasteiger partial charge in [0.1, 0.15) is 0 Å². The van der Waals surface area contributed by atoms with Crippen LogP contribution in [0.15, 0.2) is 0 Å². The first-order chi connectivity index (χ1) is 5.93. The van der Waals surface area contributed by atoms with Crippen molar-refractivity contribution in [2.75, 3.05) is 7.11 Å². The van der Waals surface area contributed by atoms with Crippen molar-refractivity contribution in [2.45, 2.75) is 45.3 Å². The predicted octanol–water partition coefficient (Wildman–Crippen LogP) is 1.78. The summed E-state index contributed by atoms with van der Waals surface area (Å²) in [7, 11) is 1.80. The lowest BCUT2D eigenvalue weighted by Crippen LogP contribution is -2.69. The highest BCUT2D eigenvalue weighted by Crippen LogP contribution is 2.63. The zero-order valence-corrected chi connectivity index (χ0v) is 9.13.